The second-order valence-electron chi connectivity index (χ2n) is 2.70. The molecule has 1 saturated heterocycles. The van der Waals surface area contributed by atoms with Crippen LogP contribution in [0.5, 0.6) is 0 Å². The van der Waals surface area contributed by atoms with Gasteiger partial charge in [-0.2, -0.15) is 0 Å². The third-order valence-electron chi connectivity index (χ3n) is 1.66. The number of hydrogen-bond donors (Lipinski definition) is 3. The smallest absolute Gasteiger partial charge is 0.127 e. The lowest BCUT2D eigenvalue weighted by molar-refractivity contribution is -0.0294. The van der Waals surface area contributed by atoms with Crippen molar-refractivity contribution in [3.63, 3.8) is 0 Å². The molecular formula is C7H12ClN3O. The molecule has 4 nitrogen and oxygen atoms in total. The summed E-state index contributed by atoms with van der Waals surface area (Å²) in [5.41, 5.74) is 5.63. The van der Waals surface area contributed by atoms with Crippen LogP contribution in [0.2, 0.25) is 0 Å². The molecule has 68 valence electrons. The Kier molecular flexibility index (Phi) is 3.37. The molecule has 1 aliphatic rings. The predicted octanol–water partition coefficient (Wildman–Crippen LogP) is 0.239. The molecule has 5 heteroatoms. The largest absolute Gasteiger partial charge is 0.395 e. The first kappa shape index (κ1) is 9.35. The molecule has 0 radical (unpaired) electrons. The van der Waals surface area contributed by atoms with E-state index in [1.54, 1.807) is 0 Å². The highest BCUT2D eigenvalue weighted by Gasteiger charge is 2.17. The summed E-state index contributed by atoms with van der Waals surface area (Å²) in [4.78, 5) is 0. The first-order chi connectivity index (χ1) is 5.74. The molecular weight excluding hydrogens is 178 g/mol. The fourth-order valence-electron chi connectivity index (χ4n) is 0.802. The Bertz CT molecular complexity index is 201. The van der Waals surface area contributed by atoms with Crippen LogP contribution in [0, 0.1) is 11.3 Å². The molecule has 0 bridgehead atoms. The summed E-state index contributed by atoms with van der Waals surface area (Å²) in [5, 5.41) is 10.1. The van der Waals surface area contributed by atoms with Crippen LogP contribution in [-0.2, 0) is 4.74 Å². The maximum Gasteiger partial charge on any atom is 0.127 e. The van der Waals surface area contributed by atoms with Gasteiger partial charge in [-0.15, -0.1) is 0 Å². The molecule has 0 saturated carbocycles. The molecule has 1 fully saturated rings. The number of nitrogens with one attached hydrogen (secondary N) is 2. The number of ether oxygens (including phenoxy) is 1. The van der Waals surface area contributed by atoms with Gasteiger partial charge < -0.3 is 21.2 Å². The van der Waals surface area contributed by atoms with Crippen LogP contribution in [0.15, 0.2) is 10.9 Å². The van der Waals surface area contributed by atoms with Gasteiger partial charge in [-0.3, -0.25) is 0 Å². The second kappa shape index (κ2) is 4.33. The lowest BCUT2D eigenvalue weighted by atomic mass is 10.1. The zero-order chi connectivity index (χ0) is 8.97. The molecule has 4 N–H and O–H groups in total. The molecule has 0 aromatic rings. The Morgan fingerprint density at radius 1 is 1.75 bits per heavy atom. The maximum absolute atomic E-state index is 6.83. The van der Waals surface area contributed by atoms with Crippen LogP contribution in [0.25, 0.3) is 0 Å². The van der Waals surface area contributed by atoms with Gasteiger partial charge in [-0.25, -0.2) is 0 Å². The van der Waals surface area contributed by atoms with E-state index in [0.29, 0.717) is 11.1 Å². The van der Waals surface area contributed by atoms with Gasteiger partial charge in [0.05, 0.1) is 18.9 Å². The van der Waals surface area contributed by atoms with Gasteiger partial charge in [0.1, 0.15) is 5.16 Å². The van der Waals surface area contributed by atoms with E-state index >= 15 is 0 Å². The van der Waals surface area contributed by atoms with Crippen LogP contribution < -0.4 is 11.1 Å². The monoisotopic (exact) mass is 189 g/mol. The van der Waals surface area contributed by atoms with Crippen LogP contribution >= 0.6 is 11.6 Å². The number of rotatable bonds is 4. The number of nitrogens with two attached hydrogens (primary N) is 1. The average Bonchev–Trinajstić information content (AvgIpc) is 2.00. The quantitative estimate of drug-likeness (QED) is 0.438. The van der Waals surface area contributed by atoms with Crippen molar-refractivity contribution >= 4 is 17.8 Å². The fraction of sp³-hybridized carbons (Fsp3) is 0.571. The summed E-state index contributed by atoms with van der Waals surface area (Å²) in [6.45, 7) is 2.32. The number of halogens is 1. The average molecular weight is 190 g/mol. The lowest BCUT2D eigenvalue weighted by Crippen LogP contribution is -2.36. The Morgan fingerprint density at radius 3 is 2.83 bits per heavy atom. The van der Waals surface area contributed by atoms with Crippen molar-refractivity contribution in [2.75, 3.05) is 19.8 Å². The molecule has 12 heavy (non-hydrogen) atoms. The molecule has 0 aromatic carbocycles. The van der Waals surface area contributed by atoms with Crippen molar-refractivity contribution in [2.45, 2.75) is 0 Å². The van der Waals surface area contributed by atoms with Gasteiger partial charge in [-0.05, 0) is 0 Å². The van der Waals surface area contributed by atoms with Gasteiger partial charge in [0.15, 0.2) is 0 Å². The van der Waals surface area contributed by atoms with E-state index in [-0.39, 0.29) is 5.70 Å². The molecule has 0 aliphatic carbocycles. The van der Waals surface area contributed by atoms with E-state index in [4.69, 9.17) is 27.5 Å². The van der Waals surface area contributed by atoms with Crippen molar-refractivity contribution in [1.82, 2.24) is 5.32 Å². The lowest BCUT2D eigenvalue weighted by Gasteiger charge is -2.26. The topological polar surface area (TPSA) is 71.1 Å². The van der Waals surface area contributed by atoms with Crippen LogP contribution in [-0.4, -0.2) is 26.0 Å². The SMILES string of the molecule is N=C/C(N)=C(/Cl)NCC1COC1. The molecule has 0 unspecified atom stereocenters. The van der Waals surface area contributed by atoms with E-state index in [1.807, 2.05) is 0 Å². The molecule has 0 atom stereocenters. The molecule has 1 rings (SSSR count). The van der Waals surface area contributed by atoms with Gasteiger partial charge in [0, 0.05) is 18.7 Å². The van der Waals surface area contributed by atoms with Gasteiger partial charge >= 0.3 is 0 Å². The summed E-state index contributed by atoms with van der Waals surface area (Å²) in [6, 6.07) is 0. The van der Waals surface area contributed by atoms with Crippen molar-refractivity contribution in [1.29, 1.82) is 5.41 Å². The summed E-state index contributed by atoms with van der Waals surface area (Å²) in [7, 11) is 0. The van der Waals surface area contributed by atoms with Crippen molar-refractivity contribution in [2.24, 2.45) is 11.7 Å². The van der Waals surface area contributed by atoms with Crippen molar-refractivity contribution in [3.05, 3.63) is 10.9 Å². The van der Waals surface area contributed by atoms with Crippen LogP contribution in [0.3, 0.4) is 0 Å². The number of allylic oxidation sites excluding steroid dienone is 1. The minimum absolute atomic E-state index is 0.261. The summed E-state index contributed by atoms with van der Waals surface area (Å²) < 4.78 is 4.98. The molecule has 1 heterocycles. The third-order valence-corrected chi connectivity index (χ3v) is 2.01. The van der Waals surface area contributed by atoms with E-state index in [1.165, 1.54) is 0 Å². The standard InChI is InChI=1S/C7H12ClN3O/c8-7(6(10)1-9)11-2-5-3-12-4-5/h1,5,9,11H,2-4,10H2/b7-6+,9-1?. The maximum atomic E-state index is 6.83. The van der Waals surface area contributed by atoms with Crippen molar-refractivity contribution in [3.8, 4) is 0 Å². The minimum atomic E-state index is 0.261. The molecule has 0 amide bonds. The van der Waals surface area contributed by atoms with Crippen molar-refractivity contribution < 1.29 is 4.74 Å². The molecule has 0 spiro atoms. The first-order valence-electron chi connectivity index (χ1n) is 3.71. The van der Waals surface area contributed by atoms with E-state index in [2.05, 4.69) is 5.32 Å². The van der Waals surface area contributed by atoms with Gasteiger partial charge in [-0.1, -0.05) is 11.6 Å². The summed E-state index contributed by atoms with van der Waals surface area (Å²) in [6.07, 6.45) is 1.02. The zero-order valence-corrected chi connectivity index (χ0v) is 7.40. The van der Waals surface area contributed by atoms with E-state index < -0.39 is 0 Å². The Hall–Kier alpha value is -0.740. The van der Waals surface area contributed by atoms with E-state index in [0.717, 1.165) is 26.0 Å². The van der Waals surface area contributed by atoms with Gasteiger partial charge in [0.2, 0.25) is 0 Å². The Balaban J connectivity index is 2.25. The first-order valence-corrected chi connectivity index (χ1v) is 4.09. The minimum Gasteiger partial charge on any atom is -0.395 e. The summed E-state index contributed by atoms with van der Waals surface area (Å²) in [5.74, 6) is 0.525. The zero-order valence-electron chi connectivity index (χ0n) is 6.64. The highest BCUT2D eigenvalue weighted by Crippen LogP contribution is 2.09. The van der Waals surface area contributed by atoms with Crippen LogP contribution in [0.4, 0.5) is 0 Å². The normalized spacial score (nSPS) is 19.4. The Labute approximate surface area is 76.2 Å². The second-order valence-corrected chi connectivity index (χ2v) is 3.08. The molecule has 0 aromatic heterocycles. The third kappa shape index (κ3) is 2.39. The summed E-state index contributed by atoms with van der Waals surface area (Å²) >= 11 is 5.71. The number of hydrogen-bond acceptors (Lipinski definition) is 4. The predicted molar refractivity (Wildman–Crippen MR) is 48.2 cm³/mol. The highest BCUT2D eigenvalue weighted by atomic mass is 35.5. The molecule has 1 aliphatic heterocycles. The Morgan fingerprint density at radius 2 is 2.42 bits per heavy atom. The fourth-order valence-corrected chi connectivity index (χ4v) is 0.933. The van der Waals surface area contributed by atoms with Gasteiger partial charge in [0.25, 0.3) is 0 Å². The van der Waals surface area contributed by atoms with Crippen LogP contribution in [0.1, 0.15) is 0 Å². The highest BCUT2D eigenvalue weighted by molar-refractivity contribution is 6.30. The van der Waals surface area contributed by atoms with E-state index in [9.17, 15) is 0 Å².